The summed E-state index contributed by atoms with van der Waals surface area (Å²) in [5.41, 5.74) is 0.880. The second kappa shape index (κ2) is 2.08. The normalized spacial score (nSPS) is 60.5. The molecule has 0 radical (unpaired) electrons. The molecular formula is C12H20. The van der Waals surface area contributed by atoms with E-state index >= 15 is 0 Å². The first kappa shape index (κ1) is 7.41. The van der Waals surface area contributed by atoms with Crippen molar-refractivity contribution >= 4 is 0 Å². The third-order valence-electron chi connectivity index (χ3n) is 5.59. The van der Waals surface area contributed by atoms with Gasteiger partial charge in [0.15, 0.2) is 0 Å². The van der Waals surface area contributed by atoms with Crippen molar-refractivity contribution in [3.8, 4) is 0 Å². The van der Waals surface area contributed by atoms with Gasteiger partial charge in [0.2, 0.25) is 0 Å². The average molecular weight is 164 g/mol. The van der Waals surface area contributed by atoms with Gasteiger partial charge < -0.3 is 0 Å². The highest BCUT2D eigenvalue weighted by atomic mass is 14.7. The molecule has 0 saturated heterocycles. The highest BCUT2D eigenvalue weighted by molar-refractivity contribution is 5.17. The third-order valence-corrected chi connectivity index (χ3v) is 5.59. The van der Waals surface area contributed by atoms with E-state index in [0.29, 0.717) is 0 Å². The molecule has 4 rings (SSSR count). The summed E-state index contributed by atoms with van der Waals surface area (Å²) in [7, 11) is 0. The Labute approximate surface area is 75.7 Å². The van der Waals surface area contributed by atoms with Gasteiger partial charge in [0.25, 0.3) is 0 Å². The van der Waals surface area contributed by atoms with Crippen LogP contribution in [-0.2, 0) is 0 Å². The molecule has 68 valence electrons. The Kier molecular flexibility index (Phi) is 1.28. The molecule has 4 fully saturated rings. The lowest BCUT2D eigenvalue weighted by atomic mass is 9.57. The van der Waals surface area contributed by atoms with E-state index in [4.69, 9.17) is 0 Å². The molecule has 0 nitrogen and oxygen atoms in total. The smallest absolute Gasteiger partial charge is 0.0238 e. The van der Waals surface area contributed by atoms with Crippen molar-refractivity contribution in [1.29, 1.82) is 0 Å². The highest BCUT2D eigenvalue weighted by Gasteiger charge is 2.68. The Morgan fingerprint density at radius 2 is 2.08 bits per heavy atom. The minimum absolute atomic E-state index is 0.880. The fourth-order valence-electron chi connectivity index (χ4n) is 4.96. The summed E-state index contributed by atoms with van der Waals surface area (Å²) in [5.74, 6) is 4.63. The molecule has 4 saturated carbocycles. The van der Waals surface area contributed by atoms with Gasteiger partial charge in [0.05, 0.1) is 0 Å². The van der Waals surface area contributed by atoms with E-state index in [1.807, 2.05) is 0 Å². The summed E-state index contributed by atoms with van der Waals surface area (Å²) in [6.45, 7) is 4.83. The van der Waals surface area contributed by atoms with Gasteiger partial charge in [-0.2, -0.15) is 0 Å². The average Bonchev–Trinajstić information content (AvgIpc) is 2.67. The topological polar surface area (TPSA) is 0 Å². The lowest BCUT2D eigenvalue weighted by Gasteiger charge is -2.48. The van der Waals surface area contributed by atoms with Crippen molar-refractivity contribution in [2.75, 3.05) is 0 Å². The van der Waals surface area contributed by atoms with Gasteiger partial charge in [-0.3, -0.25) is 0 Å². The van der Waals surface area contributed by atoms with Gasteiger partial charge in [0, 0.05) is 0 Å². The standard InChI is InChI=1S/C12H20/c1-3-8-7-12(4-2)9-5-10(8)11(12)6-9/h8-11H,3-7H2,1-2H3. The van der Waals surface area contributed by atoms with Crippen molar-refractivity contribution in [3.05, 3.63) is 0 Å². The predicted octanol–water partition coefficient (Wildman–Crippen LogP) is 3.47. The molecule has 0 heteroatoms. The minimum Gasteiger partial charge on any atom is -0.0651 e. The quantitative estimate of drug-likeness (QED) is 0.586. The fourth-order valence-corrected chi connectivity index (χ4v) is 4.96. The Morgan fingerprint density at radius 1 is 1.25 bits per heavy atom. The highest BCUT2D eigenvalue weighted by Crippen LogP contribution is 2.76. The van der Waals surface area contributed by atoms with Gasteiger partial charge in [-0.05, 0) is 54.8 Å². The summed E-state index contributed by atoms with van der Waals surface area (Å²) < 4.78 is 0. The Balaban J connectivity index is 1.91. The van der Waals surface area contributed by atoms with Crippen LogP contribution in [0.5, 0.6) is 0 Å². The maximum absolute atomic E-state index is 2.43. The summed E-state index contributed by atoms with van der Waals surface area (Å²) in [5, 5.41) is 0. The molecule has 4 aliphatic carbocycles. The summed E-state index contributed by atoms with van der Waals surface area (Å²) in [4.78, 5) is 0. The van der Waals surface area contributed by atoms with Crippen LogP contribution in [0.15, 0.2) is 0 Å². The summed E-state index contributed by atoms with van der Waals surface area (Å²) in [6, 6.07) is 0. The second-order valence-electron chi connectivity index (χ2n) is 5.40. The van der Waals surface area contributed by atoms with Crippen molar-refractivity contribution < 1.29 is 0 Å². The first-order chi connectivity index (χ1) is 5.81. The Morgan fingerprint density at radius 3 is 2.67 bits per heavy atom. The van der Waals surface area contributed by atoms with Gasteiger partial charge in [-0.25, -0.2) is 0 Å². The van der Waals surface area contributed by atoms with E-state index in [1.54, 1.807) is 19.3 Å². The summed E-state index contributed by atoms with van der Waals surface area (Å²) >= 11 is 0. The van der Waals surface area contributed by atoms with Crippen LogP contribution in [0.3, 0.4) is 0 Å². The first-order valence-corrected chi connectivity index (χ1v) is 5.81. The van der Waals surface area contributed by atoms with Crippen LogP contribution in [0, 0.1) is 29.1 Å². The van der Waals surface area contributed by atoms with Gasteiger partial charge in [0.1, 0.15) is 0 Å². The monoisotopic (exact) mass is 164 g/mol. The molecule has 0 N–H and O–H groups in total. The molecule has 4 aliphatic rings. The van der Waals surface area contributed by atoms with E-state index < -0.39 is 0 Å². The number of hydrogen-bond acceptors (Lipinski definition) is 0. The molecular weight excluding hydrogens is 144 g/mol. The predicted molar refractivity (Wildman–Crippen MR) is 50.8 cm³/mol. The molecule has 4 bridgehead atoms. The molecule has 12 heavy (non-hydrogen) atoms. The number of rotatable bonds is 2. The van der Waals surface area contributed by atoms with Gasteiger partial charge in [-0.15, -0.1) is 0 Å². The zero-order chi connectivity index (χ0) is 8.34. The van der Waals surface area contributed by atoms with Crippen LogP contribution in [0.1, 0.15) is 46.0 Å². The van der Waals surface area contributed by atoms with Gasteiger partial charge >= 0.3 is 0 Å². The maximum Gasteiger partial charge on any atom is -0.0238 e. The molecule has 5 unspecified atom stereocenters. The van der Waals surface area contributed by atoms with E-state index in [-0.39, 0.29) is 0 Å². The first-order valence-electron chi connectivity index (χ1n) is 5.81. The molecule has 5 atom stereocenters. The molecule has 0 heterocycles. The van der Waals surface area contributed by atoms with Crippen LogP contribution >= 0.6 is 0 Å². The third kappa shape index (κ3) is 0.561. The Hall–Kier alpha value is 0. The fraction of sp³-hybridized carbons (Fsp3) is 1.00. The molecule has 0 amide bonds. The molecule has 0 spiro atoms. The van der Waals surface area contributed by atoms with E-state index in [9.17, 15) is 0 Å². The van der Waals surface area contributed by atoms with E-state index in [0.717, 1.165) is 11.3 Å². The molecule has 0 aliphatic heterocycles. The van der Waals surface area contributed by atoms with Crippen LogP contribution in [0.4, 0.5) is 0 Å². The summed E-state index contributed by atoms with van der Waals surface area (Å²) in [6.07, 6.45) is 7.75. The number of hydrogen-bond donors (Lipinski definition) is 0. The zero-order valence-corrected chi connectivity index (χ0v) is 8.34. The van der Waals surface area contributed by atoms with Crippen LogP contribution in [0.2, 0.25) is 0 Å². The SMILES string of the molecule is CCC1CC2(CC)C3CC1C2C3. The second-order valence-corrected chi connectivity index (χ2v) is 5.40. The van der Waals surface area contributed by atoms with Crippen LogP contribution < -0.4 is 0 Å². The van der Waals surface area contributed by atoms with Gasteiger partial charge in [-0.1, -0.05) is 20.3 Å². The molecule has 0 aromatic carbocycles. The van der Waals surface area contributed by atoms with E-state index in [1.165, 1.54) is 30.6 Å². The van der Waals surface area contributed by atoms with Crippen molar-refractivity contribution in [1.82, 2.24) is 0 Å². The van der Waals surface area contributed by atoms with E-state index in [2.05, 4.69) is 13.8 Å². The largest absolute Gasteiger partial charge is 0.0651 e. The lowest BCUT2D eigenvalue weighted by molar-refractivity contribution is 0.0135. The van der Waals surface area contributed by atoms with Crippen LogP contribution in [-0.4, -0.2) is 0 Å². The van der Waals surface area contributed by atoms with Crippen LogP contribution in [0.25, 0.3) is 0 Å². The zero-order valence-electron chi connectivity index (χ0n) is 8.34. The van der Waals surface area contributed by atoms with Crippen molar-refractivity contribution in [2.45, 2.75) is 46.0 Å². The van der Waals surface area contributed by atoms with Crippen molar-refractivity contribution in [2.24, 2.45) is 29.1 Å². The Bertz CT molecular complexity index is 208. The molecule has 0 aromatic heterocycles. The lowest BCUT2D eigenvalue weighted by Crippen LogP contribution is -2.40. The molecule has 0 aromatic rings. The van der Waals surface area contributed by atoms with Crippen molar-refractivity contribution in [3.63, 3.8) is 0 Å². The minimum atomic E-state index is 0.880. The maximum atomic E-state index is 2.43.